The Balaban J connectivity index is 1.47. The van der Waals surface area contributed by atoms with E-state index >= 15 is 0 Å². The maximum atomic E-state index is 12.7. The number of carbonyl (C=O) groups excluding carboxylic acids is 2. The summed E-state index contributed by atoms with van der Waals surface area (Å²) in [5, 5.41) is 5.87. The van der Waals surface area contributed by atoms with E-state index in [2.05, 4.69) is 10.6 Å². The standard InChI is InChI=1S/C20H20N2O3/c23-19(14-11-13-5-1-4-8-18(13)25-12-14)22-17-7-3-2-6-16(17)20(24)21-15-9-10-15/h1-8,14-15H,9-12H2,(H,21,24)(H,22,23)/t14-/m1/s1. The molecule has 5 heteroatoms. The van der Waals surface area contributed by atoms with Crippen LogP contribution in [0.2, 0.25) is 0 Å². The van der Waals surface area contributed by atoms with Crippen LogP contribution in [0.15, 0.2) is 48.5 Å². The number of carbonyl (C=O) groups is 2. The van der Waals surface area contributed by atoms with Gasteiger partial charge in [-0.3, -0.25) is 9.59 Å². The van der Waals surface area contributed by atoms with Gasteiger partial charge < -0.3 is 15.4 Å². The van der Waals surface area contributed by atoms with Crippen LogP contribution in [-0.2, 0) is 11.2 Å². The average molecular weight is 336 g/mol. The van der Waals surface area contributed by atoms with E-state index in [1.807, 2.05) is 30.3 Å². The number of benzene rings is 2. The molecule has 0 saturated heterocycles. The van der Waals surface area contributed by atoms with Gasteiger partial charge in [-0.15, -0.1) is 0 Å². The van der Waals surface area contributed by atoms with Crippen LogP contribution in [-0.4, -0.2) is 24.5 Å². The van der Waals surface area contributed by atoms with Crippen LogP contribution in [0.5, 0.6) is 5.75 Å². The van der Waals surface area contributed by atoms with E-state index in [0.29, 0.717) is 24.3 Å². The van der Waals surface area contributed by atoms with Gasteiger partial charge in [-0.2, -0.15) is 0 Å². The first-order valence-electron chi connectivity index (χ1n) is 8.62. The number of para-hydroxylation sites is 2. The lowest BCUT2D eigenvalue weighted by Crippen LogP contribution is -2.33. The van der Waals surface area contributed by atoms with E-state index < -0.39 is 0 Å². The second kappa shape index (κ2) is 6.59. The number of rotatable bonds is 4. The van der Waals surface area contributed by atoms with Gasteiger partial charge in [0.15, 0.2) is 0 Å². The minimum atomic E-state index is -0.269. The largest absolute Gasteiger partial charge is 0.492 e. The summed E-state index contributed by atoms with van der Waals surface area (Å²) in [5.74, 6) is 0.315. The highest BCUT2D eigenvalue weighted by atomic mass is 16.5. The molecule has 128 valence electrons. The molecule has 2 aromatic rings. The molecule has 5 nitrogen and oxygen atoms in total. The number of ether oxygens (including phenoxy) is 1. The second-order valence-electron chi connectivity index (χ2n) is 6.60. The van der Waals surface area contributed by atoms with Crippen molar-refractivity contribution in [3.63, 3.8) is 0 Å². The van der Waals surface area contributed by atoms with Crippen LogP contribution in [0.4, 0.5) is 5.69 Å². The Morgan fingerprint density at radius 3 is 2.60 bits per heavy atom. The molecule has 0 aromatic heterocycles. The van der Waals surface area contributed by atoms with Crippen LogP contribution < -0.4 is 15.4 Å². The zero-order valence-electron chi connectivity index (χ0n) is 13.8. The van der Waals surface area contributed by atoms with Crippen molar-refractivity contribution in [1.29, 1.82) is 0 Å². The molecule has 1 saturated carbocycles. The predicted octanol–water partition coefficient (Wildman–Crippen LogP) is 2.77. The van der Waals surface area contributed by atoms with Crippen molar-refractivity contribution in [3.8, 4) is 5.75 Å². The Bertz CT molecular complexity index is 814. The normalized spacial score (nSPS) is 18.6. The number of hydrogen-bond acceptors (Lipinski definition) is 3. The summed E-state index contributed by atoms with van der Waals surface area (Å²) < 4.78 is 5.69. The van der Waals surface area contributed by atoms with E-state index in [1.54, 1.807) is 18.2 Å². The molecule has 0 bridgehead atoms. The molecule has 1 fully saturated rings. The first kappa shape index (κ1) is 15.7. The van der Waals surface area contributed by atoms with Crippen LogP contribution in [0, 0.1) is 5.92 Å². The third kappa shape index (κ3) is 3.50. The van der Waals surface area contributed by atoms with Crippen molar-refractivity contribution >= 4 is 17.5 Å². The van der Waals surface area contributed by atoms with Crippen LogP contribution in [0.25, 0.3) is 0 Å². The summed E-state index contributed by atoms with van der Waals surface area (Å²) in [6.07, 6.45) is 2.69. The fourth-order valence-electron chi connectivity index (χ4n) is 3.01. The van der Waals surface area contributed by atoms with Gasteiger partial charge in [-0.1, -0.05) is 30.3 Å². The maximum Gasteiger partial charge on any atom is 0.253 e. The molecule has 2 aromatic carbocycles. The molecule has 1 aliphatic carbocycles. The molecular formula is C20H20N2O3. The smallest absolute Gasteiger partial charge is 0.253 e. The molecule has 0 unspecified atom stereocenters. The van der Waals surface area contributed by atoms with Gasteiger partial charge in [0.25, 0.3) is 5.91 Å². The van der Waals surface area contributed by atoms with E-state index in [4.69, 9.17) is 4.74 Å². The zero-order valence-corrected chi connectivity index (χ0v) is 13.8. The first-order chi connectivity index (χ1) is 12.2. The number of fused-ring (bicyclic) bond motifs is 1. The Kier molecular flexibility index (Phi) is 4.14. The van der Waals surface area contributed by atoms with Crippen LogP contribution in [0.3, 0.4) is 0 Å². The molecular weight excluding hydrogens is 316 g/mol. The molecule has 1 heterocycles. The highest BCUT2D eigenvalue weighted by Crippen LogP contribution is 2.28. The van der Waals surface area contributed by atoms with E-state index in [9.17, 15) is 9.59 Å². The highest BCUT2D eigenvalue weighted by molar-refractivity contribution is 6.04. The Hall–Kier alpha value is -2.82. The lowest BCUT2D eigenvalue weighted by Gasteiger charge is -2.24. The number of anilines is 1. The summed E-state index contributed by atoms with van der Waals surface area (Å²) in [5.41, 5.74) is 2.08. The van der Waals surface area contributed by atoms with Gasteiger partial charge >= 0.3 is 0 Å². The quantitative estimate of drug-likeness (QED) is 0.902. The Morgan fingerprint density at radius 2 is 1.76 bits per heavy atom. The summed E-state index contributed by atoms with van der Waals surface area (Å²) >= 11 is 0. The Morgan fingerprint density at radius 1 is 1.00 bits per heavy atom. The van der Waals surface area contributed by atoms with Gasteiger partial charge in [0.2, 0.25) is 5.91 Å². The predicted molar refractivity (Wildman–Crippen MR) is 94.7 cm³/mol. The van der Waals surface area contributed by atoms with Crippen molar-refractivity contribution in [2.75, 3.05) is 11.9 Å². The van der Waals surface area contributed by atoms with Crippen molar-refractivity contribution in [1.82, 2.24) is 5.32 Å². The summed E-state index contributed by atoms with van der Waals surface area (Å²) in [6, 6.07) is 15.2. The highest BCUT2D eigenvalue weighted by Gasteiger charge is 2.28. The summed E-state index contributed by atoms with van der Waals surface area (Å²) in [6.45, 7) is 0.347. The number of hydrogen-bond donors (Lipinski definition) is 2. The van der Waals surface area contributed by atoms with E-state index in [-0.39, 0.29) is 23.8 Å². The number of nitrogens with one attached hydrogen (secondary N) is 2. The van der Waals surface area contributed by atoms with Crippen LogP contribution >= 0.6 is 0 Å². The van der Waals surface area contributed by atoms with Crippen molar-refractivity contribution in [2.24, 2.45) is 5.92 Å². The van der Waals surface area contributed by atoms with E-state index in [1.165, 1.54) is 0 Å². The third-order valence-corrected chi connectivity index (χ3v) is 4.59. The molecule has 0 radical (unpaired) electrons. The van der Waals surface area contributed by atoms with Gasteiger partial charge in [0.05, 0.1) is 17.2 Å². The molecule has 1 atom stereocenters. The van der Waals surface area contributed by atoms with Gasteiger partial charge in [0.1, 0.15) is 12.4 Å². The molecule has 2 amide bonds. The molecule has 25 heavy (non-hydrogen) atoms. The van der Waals surface area contributed by atoms with E-state index in [0.717, 1.165) is 24.2 Å². The lowest BCUT2D eigenvalue weighted by molar-refractivity contribution is -0.121. The maximum absolute atomic E-state index is 12.7. The third-order valence-electron chi connectivity index (χ3n) is 4.59. The summed E-state index contributed by atoms with van der Waals surface area (Å²) in [4.78, 5) is 25.0. The van der Waals surface area contributed by atoms with Gasteiger partial charge in [0, 0.05) is 6.04 Å². The van der Waals surface area contributed by atoms with Crippen molar-refractivity contribution in [2.45, 2.75) is 25.3 Å². The lowest BCUT2D eigenvalue weighted by atomic mass is 9.96. The fraction of sp³-hybridized carbons (Fsp3) is 0.300. The van der Waals surface area contributed by atoms with Crippen molar-refractivity contribution < 1.29 is 14.3 Å². The summed E-state index contributed by atoms with van der Waals surface area (Å²) in [7, 11) is 0. The van der Waals surface area contributed by atoms with Crippen molar-refractivity contribution in [3.05, 3.63) is 59.7 Å². The SMILES string of the molecule is O=C(NC1CC1)c1ccccc1NC(=O)[C@H]1COc2ccccc2C1. The molecule has 0 spiro atoms. The monoisotopic (exact) mass is 336 g/mol. The second-order valence-corrected chi connectivity index (χ2v) is 6.60. The van der Waals surface area contributed by atoms with Gasteiger partial charge in [-0.25, -0.2) is 0 Å². The number of amides is 2. The minimum Gasteiger partial charge on any atom is -0.492 e. The molecule has 1 aliphatic heterocycles. The van der Waals surface area contributed by atoms with Crippen LogP contribution in [0.1, 0.15) is 28.8 Å². The topological polar surface area (TPSA) is 67.4 Å². The minimum absolute atomic E-state index is 0.124. The molecule has 4 rings (SSSR count). The molecule has 2 aliphatic rings. The van der Waals surface area contributed by atoms with Gasteiger partial charge in [-0.05, 0) is 43.0 Å². The fourth-order valence-corrected chi connectivity index (χ4v) is 3.01. The Labute approximate surface area is 146 Å². The first-order valence-corrected chi connectivity index (χ1v) is 8.62. The zero-order chi connectivity index (χ0) is 17.2. The average Bonchev–Trinajstić information content (AvgIpc) is 3.45. The molecule has 2 N–H and O–H groups in total.